The summed E-state index contributed by atoms with van der Waals surface area (Å²) in [5, 5.41) is 14.2. The maximum atomic E-state index is 11.1. The summed E-state index contributed by atoms with van der Waals surface area (Å²) in [4.78, 5) is 10.6. The van der Waals surface area contributed by atoms with Crippen LogP contribution in [0.3, 0.4) is 0 Å². The average molecular weight is 266 g/mol. The van der Waals surface area contributed by atoms with Crippen LogP contribution in [0.15, 0.2) is 12.1 Å². The maximum absolute atomic E-state index is 11.1. The smallest absolute Gasteiger partial charge is 0.296 e. The highest BCUT2D eigenvalue weighted by molar-refractivity contribution is 5.68. The van der Waals surface area contributed by atoms with Crippen molar-refractivity contribution in [3.63, 3.8) is 0 Å². The zero-order chi connectivity index (χ0) is 13.2. The van der Waals surface area contributed by atoms with Crippen LogP contribution in [0, 0.1) is 16.0 Å². The van der Waals surface area contributed by atoms with Crippen LogP contribution in [0.2, 0.25) is 0 Å². The topological polar surface area (TPSA) is 82.9 Å². The zero-order valence-electron chi connectivity index (χ0n) is 10.3. The molecule has 1 N–H and O–H groups in total. The van der Waals surface area contributed by atoms with E-state index in [1.807, 2.05) is 0 Å². The molecule has 2 aliphatic rings. The van der Waals surface area contributed by atoms with Gasteiger partial charge in [-0.25, -0.2) is 0 Å². The van der Waals surface area contributed by atoms with Crippen LogP contribution in [0.4, 0.5) is 11.4 Å². The highest BCUT2D eigenvalue weighted by Crippen LogP contribution is 2.40. The van der Waals surface area contributed by atoms with Crippen molar-refractivity contribution >= 4 is 11.4 Å². The molecule has 1 atom stereocenters. The predicted molar refractivity (Wildman–Crippen MR) is 66.6 cm³/mol. The van der Waals surface area contributed by atoms with Crippen molar-refractivity contribution in [3.8, 4) is 11.5 Å². The number of rotatable bonds is 4. The van der Waals surface area contributed by atoms with Gasteiger partial charge in [0.1, 0.15) is 5.69 Å². The van der Waals surface area contributed by atoms with Gasteiger partial charge in [0.15, 0.2) is 11.5 Å². The average Bonchev–Trinajstić information content (AvgIpc) is 3.05. The van der Waals surface area contributed by atoms with Crippen LogP contribution in [0.1, 0.15) is 6.42 Å². The van der Waals surface area contributed by atoms with Gasteiger partial charge in [-0.15, -0.1) is 0 Å². The Bertz CT molecular complexity index is 499. The Kier molecular flexibility index (Phi) is 3.12. The lowest BCUT2D eigenvalue weighted by molar-refractivity contribution is -0.384. The molecule has 7 nitrogen and oxygen atoms in total. The minimum absolute atomic E-state index is 0.00293. The predicted octanol–water partition coefficient (Wildman–Crippen LogP) is 1.77. The summed E-state index contributed by atoms with van der Waals surface area (Å²) in [5.41, 5.74) is 0.462. The largest absolute Gasteiger partial charge is 0.454 e. The third-order valence-electron chi connectivity index (χ3n) is 3.29. The quantitative estimate of drug-likeness (QED) is 0.660. The number of ether oxygens (including phenoxy) is 3. The molecule has 0 radical (unpaired) electrons. The summed E-state index contributed by atoms with van der Waals surface area (Å²) in [7, 11) is 0. The minimum Gasteiger partial charge on any atom is -0.454 e. The fourth-order valence-electron chi connectivity index (χ4n) is 2.22. The second-order valence-electron chi connectivity index (χ2n) is 4.59. The highest BCUT2D eigenvalue weighted by Gasteiger charge is 2.24. The monoisotopic (exact) mass is 266 g/mol. The van der Waals surface area contributed by atoms with Crippen molar-refractivity contribution in [1.29, 1.82) is 0 Å². The Morgan fingerprint density at radius 3 is 2.84 bits per heavy atom. The first kappa shape index (κ1) is 12.0. The number of nitrogens with zero attached hydrogens (tertiary/aromatic N) is 1. The Labute approximate surface area is 109 Å². The van der Waals surface area contributed by atoms with Crippen LogP contribution >= 0.6 is 0 Å². The molecule has 2 aliphatic heterocycles. The first-order valence-electron chi connectivity index (χ1n) is 6.13. The lowest BCUT2D eigenvalue weighted by Crippen LogP contribution is -2.14. The Hall–Kier alpha value is -2.02. The molecule has 1 unspecified atom stereocenters. The lowest BCUT2D eigenvalue weighted by atomic mass is 10.1. The van der Waals surface area contributed by atoms with Gasteiger partial charge in [-0.3, -0.25) is 10.1 Å². The van der Waals surface area contributed by atoms with Crippen LogP contribution < -0.4 is 14.8 Å². The molecule has 3 rings (SSSR count). The number of anilines is 1. The van der Waals surface area contributed by atoms with Crippen LogP contribution in [0.25, 0.3) is 0 Å². The van der Waals surface area contributed by atoms with Gasteiger partial charge in [-0.05, 0) is 6.42 Å². The summed E-state index contributed by atoms with van der Waals surface area (Å²) >= 11 is 0. The molecule has 1 fully saturated rings. The molecule has 0 aromatic heterocycles. The van der Waals surface area contributed by atoms with E-state index < -0.39 is 4.92 Å². The summed E-state index contributed by atoms with van der Waals surface area (Å²) in [5.74, 6) is 1.35. The maximum Gasteiger partial charge on any atom is 0.296 e. The summed E-state index contributed by atoms with van der Waals surface area (Å²) in [6.45, 7) is 2.22. The van der Waals surface area contributed by atoms with E-state index in [0.717, 1.165) is 13.0 Å². The van der Waals surface area contributed by atoms with Gasteiger partial charge >= 0.3 is 0 Å². The number of benzene rings is 1. The van der Waals surface area contributed by atoms with Gasteiger partial charge < -0.3 is 19.5 Å². The van der Waals surface area contributed by atoms with E-state index in [-0.39, 0.29) is 12.5 Å². The van der Waals surface area contributed by atoms with E-state index in [0.29, 0.717) is 36.3 Å². The lowest BCUT2D eigenvalue weighted by Gasteiger charge is -2.11. The molecule has 0 amide bonds. The van der Waals surface area contributed by atoms with E-state index in [1.165, 1.54) is 6.07 Å². The fraction of sp³-hybridized carbons (Fsp3) is 0.500. The van der Waals surface area contributed by atoms with Gasteiger partial charge in [0, 0.05) is 25.1 Å². The standard InChI is InChI=1S/C12H14N2O5/c15-14(16)10-4-12-11(18-7-19-12)3-9(10)13-5-8-1-2-17-6-8/h3-4,8,13H,1-2,5-7H2. The van der Waals surface area contributed by atoms with Crippen molar-refractivity contribution in [2.24, 2.45) is 5.92 Å². The molecule has 0 spiro atoms. The molecule has 19 heavy (non-hydrogen) atoms. The van der Waals surface area contributed by atoms with Crippen molar-refractivity contribution in [3.05, 3.63) is 22.2 Å². The van der Waals surface area contributed by atoms with Gasteiger partial charge in [0.05, 0.1) is 17.6 Å². The Balaban J connectivity index is 1.80. The van der Waals surface area contributed by atoms with Crippen molar-refractivity contribution in [2.45, 2.75) is 6.42 Å². The van der Waals surface area contributed by atoms with E-state index >= 15 is 0 Å². The molecule has 0 bridgehead atoms. The first-order chi connectivity index (χ1) is 9.24. The number of hydrogen-bond donors (Lipinski definition) is 1. The minimum atomic E-state index is -0.421. The number of nitro benzene ring substituents is 1. The number of nitro groups is 1. The van der Waals surface area contributed by atoms with Gasteiger partial charge in [-0.2, -0.15) is 0 Å². The molecule has 1 aromatic carbocycles. The summed E-state index contributed by atoms with van der Waals surface area (Å²) < 4.78 is 15.7. The van der Waals surface area contributed by atoms with Crippen LogP contribution in [0.5, 0.6) is 11.5 Å². The van der Waals surface area contributed by atoms with Gasteiger partial charge in [-0.1, -0.05) is 0 Å². The Morgan fingerprint density at radius 2 is 2.16 bits per heavy atom. The fourth-order valence-corrected chi connectivity index (χ4v) is 2.22. The summed E-state index contributed by atoms with van der Waals surface area (Å²) in [6.07, 6.45) is 0.978. The number of hydrogen-bond acceptors (Lipinski definition) is 6. The van der Waals surface area contributed by atoms with Crippen molar-refractivity contribution < 1.29 is 19.1 Å². The molecule has 102 valence electrons. The number of nitrogens with one attached hydrogen (secondary N) is 1. The van der Waals surface area contributed by atoms with Crippen molar-refractivity contribution in [2.75, 3.05) is 31.9 Å². The molecular weight excluding hydrogens is 252 g/mol. The third kappa shape index (κ3) is 2.41. The van der Waals surface area contributed by atoms with E-state index in [2.05, 4.69) is 5.32 Å². The molecule has 7 heteroatoms. The van der Waals surface area contributed by atoms with Gasteiger partial charge in [0.25, 0.3) is 5.69 Å². The van der Waals surface area contributed by atoms with Crippen LogP contribution in [-0.2, 0) is 4.74 Å². The molecule has 2 heterocycles. The second kappa shape index (κ2) is 4.93. The second-order valence-corrected chi connectivity index (χ2v) is 4.59. The van der Waals surface area contributed by atoms with E-state index in [9.17, 15) is 10.1 Å². The summed E-state index contributed by atoms with van der Waals surface area (Å²) in [6, 6.07) is 3.02. The molecule has 1 saturated heterocycles. The van der Waals surface area contributed by atoms with Gasteiger partial charge in [0.2, 0.25) is 6.79 Å². The number of fused-ring (bicyclic) bond motifs is 1. The molecule has 0 saturated carbocycles. The van der Waals surface area contributed by atoms with Crippen molar-refractivity contribution in [1.82, 2.24) is 0 Å². The Morgan fingerprint density at radius 1 is 1.37 bits per heavy atom. The first-order valence-corrected chi connectivity index (χ1v) is 6.13. The normalized spacial score (nSPS) is 20.5. The van der Waals surface area contributed by atoms with E-state index in [1.54, 1.807) is 6.07 Å². The third-order valence-corrected chi connectivity index (χ3v) is 3.29. The molecule has 1 aromatic rings. The molecular formula is C12H14N2O5. The SMILES string of the molecule is O=[N+]([O-])c1cc2c(cc1NCC1CCOC1)OCO2. The van der Waals surface area contributed by atoms with Crippen LogP contribution in [-0.4, -0.2) is 31.5 Å². The molecule has 0 aliphatic carbocycles. The zero-order valence-corrected chi connectivity index (χ0v) is 10.3. The highest BCUT2D eigenvalue weighted by atomic mass is 16.7. The van der Waals surface area contributed by atoms with E-state index in [4.69, 9.17) is 14.2 Å².